The molecule has 0 heterocycles. The lowest BCUT2D eigenvalue weighted by atomic mass is 10.2. The van der Waals surface area contributed by atoms with Crippen LogP contribution in [0.2, 0.25) is 0 Å². The largest absolute Gasteiger partial charge is 0.496 e. The van der Waals surface area contributed by atoms with Gasteiger partial charge < -0.3 is 13.8 Å². The van der Waals surface area contributed by atoms with Gasteiger partial charge in [0.05, 0.1) is 12.4 Å². The average molecular weight is 242 g/mol. The normalized spacial score (nSPS) is 11.2. The van der Waals surface area contributed by atoms with Gasteiger partial charge in [-0.2, -0.15) is 0 Å². The third kappa shape index (κ3) is 2.35. The van der Waals surface area contributed by atoms with Gasteiger partial charge in [-0.25, -0.2) is 0 Å². The van der Waals surface area contributed by atoms with Crippen LogP contribution in [0.4, 0.5) is 0 Å². The molecule has 0 aromatic heterocycles. The Bertz CT molecular complexity index is 420. The summed E-state index contributed by atoms with van der Waals surface area (Å²) in [6.07, 6.45) is 0. The van der Waals surface area contributed by atoms with Gasteiger partial charge in [0.1, 0.15) is 5.75 Å². The van der Waals surface area contributed by atoms with Gasteiger partial charge >= 0.3 is 7.60 Å². The maximum atomic E-state index is 12.1. The van der Waals surface area contributed by atoms with Crippen LogP contribution in [-0.4, -0.2) is 21.3 Å². The summed E-state index contributed by atoms with van der Waals surface area (Å²) in [5, 5.41) is 0.287. The first-order chi connectivity index (χ1) is 7.59. The van der Waals surface area contributed by atoms with E-state index in [0.717, 1.165) is 0 Å². The predicted molar refractivity (Wildman–Crippen MR) is 63.7 cm³/mol. The van der Waals surface area contributed by atoms with Crippen molar-refractivity contribution >= 4 is 12.9 Å². The molecule has 16 heavy (non-hydrogen) atoms. The van der Waals surface area contributed by atoms with Crippen molar-refractivity contribution < 1.29 is 18.3 Å². The van der Waals surface area contributed by atoms with Gasteiger partial charge in [-0.1, -0.05) is 24.8 Å². The van der Waals surface area contributed by atoms with Gasteiger partial charge in [0, 0.05) is 19.8 Å². The number of hydrogen-bond acceptors (Lipinski definition) is 4. The lowest BCUT2D eigenvalue weighted by Crippen LogP contribution is -1.95. The molecular weight excluding hydrogens is 227 g/mol. The molecule has 1 aromatic carbocycles. The molecule has 0 aliphatic rings. The second-order valence-electron chi connectivity index (χ2n) is 3.01. The highest BCUT2D eigenvalue weighted by Crippen LogP contribution is 2.59. The number of ether oxygens (including phenoxy) is 1. The number of rotatable bonds is 5. The molecule has 0 spiro atoms. The number of benzene rings is 1. The molecule has 0 unspecified atom stereocenters. The van der Waals surface area contributed by atoms with Crippen LogP contribution in [-0.2, 0) is 13.6 Å². The van der Waals surface area contributed by atoms with Crippen LogP contribution in [0, 0.1) is 0 Å². The molecule has 0 amide bonds. The van der Waals surface area contributed by atoms with E-state index in [1.54, 1.807) is 18.2 Å². The Morgan fingerprint density at radius 2 is 1.75 bits per heavy atom. The molecule has 0 atom stereocenters. The molecule has 1 aromatic rings. The molecule has 0 saturated heterocycles. The standard InChI is InChI=1S/C11H15O4P/c1-9(16(12,14-3)15-4)10-7-5-6-8-11(10)13-2/h5-8H,1H2,2-4H3. The van der Waals surface area contributed by atoms with Gasteiger partial charge in [0.2, 0.25) is 0 Å². The lowest BCUT2D eigenvalue weighted by molar-refractivity contribution is 0.288. The second kappa shape index (κ2) is 5.30. The van der Waals surface area contributed by atoms with Crippen molar-refractivity contribution in [3.05, 3.63) is 36.4 Å². The van der Waals surface area contributed by atoms with Crippen molar-refractivity contribution in [2.75, 3.05) is 21.3 Å². The van der Waals surface area contributed by atoms with Crippen molar-refractivity contribution in [1.29, 1.82) is 0 Å². The molecule has 0 N–H and O–H groups in total. The minimum absolute atomic E-state index is 0.287. The Morgan fingerprint density at radius 3 is 2.25 bits per heavy atom. The van der Waals surface area contributed by atoms with E-state index in [1.165, 1.54) is 21.3 Å². The summed E-state index contributed by atoms with van der Waals surface area (Å²) in [5.74, 6) is 0.585. The second-order valence-corrected chi connectivity index (χ2v) is 5.27. The van der Waals surface area contributed by atoms with E-state index in [-0.39, 0.29) is 5.31 Å². The summed E-state index contributed by atoms with van der Waals surface area (Å²) in [7, 11) is 0.878. The molecule has 88 valence electrons. The summed E-state index contributed by atoms with van der Waals surface area (Å²) >= 11 is 0. The van der Waals surface area contributed by atoms with Crippen LogP contribution in [0.3, 0.4) is 0 Å². The molecule has 0 aliphatic heterocycles. The molecule has 1 rings (SSSR count). The minimum atomic E-state index is -3.31. The van der Waals surface area contributed by atoms with E-state index in [2.05, 4.69) is 6.58 Å². The molecule has 0 bridgehead atoms. The molecule has 4 nitrogen and oxygen atoms in total. The fourth-order valence-electron chi connectivity index (χ4n) is 1.33. The summed E-state index contributed by atoms with van der Waals surface area (Å²) in [6.45, 7) is 3.75. The molecule has 0 saturated carbocycles. The van der Waals surface area contributed by atoms with Crippen LogP contribution in [0.1, 0.15) is 5.56 Å². The first-order valence-electron chi connectivity index (χ1n) is 4.63. The van der Waals surface area contributed by atoms with Gasteiger partial charge in [0.25, 0.3) is 0 Å². The van der Waals surface area contributed by atoms with Crippen LogP contribution in [0.5, 0.6) is 5.75 Å². The van der Waals surface area contributed by atoms with Crippen molar-refractivity contribution in [3.8, 4) is 5.75 Å². The highest BCUT2D eigenvalue weighted by atomic mass is 31.2. The monoisotopic (exact) mass is 242 g/mol. The van der Waals surface area contributed by atoms with E-state index in [9.17, 15) is 4.57 Å². The topological polar surface area (TPSA) is 44.8 Å². The van der Waals surface area contributed by atoms with Crippen molar-refractivity contribution in [2.45, 2.75) is 0 Å². The SMILES string of the molecule is C=C(c1ccccc1OC)P(=O)(OC)OC. The molecular formula is C11H15O4P. The van der Waals surface area contributed by atoms with E-state index >= 15 is 0 Å². The first kappa shape index (κ1) is 13.0. The highest BCUT2D eigenvalue weighted by molar-refractivity contribution is 7.65. The third-order valence-electron chi connectivity index (χ3n) is 2.23. The number of methoxy groups -OCH3 is 1. The zero-order valence-corrected chi connectivity index (χ0v) is 10.5. The zero-order chi connectivity index (χ0) is 12.2. The zero-order valence-electron chi connectivity index (χ0n) is 9.60. The van der Waals surface area contributed by atoms with E-state index in [4.69, 9.17) is 13.8 Å². The summed E-state index contributed by atoms with van der Waals surface area (Å²) < 4.78 is 27.0. The van der Waals surface area contributed by atoms with Crippen LogP contribution >= 0.6 is 7.60 Å². The number of para-hydroxylation sites is 1. The Morgan fingerprint density at radius 1 is 1.19 bits per heavy atom. The summed E-state index contributed by atoms with van der Waals surface area (Å²) in [5.41, 5.74) is 0.622. The van der Waals surface area contributed by atoms with Gasteiger partial charge in [0.15, 0.2) is 0 Å². The maximum Gasteiger partial charge on any atom is 0.360 e. The van der Waals surface area contributed by atoms with Crippen LogP contribution < -0.4 is 4.74 Å². The number of hydrogen-bond donors (Lipinski definition) is 0. The van der Waals surface area contributed by atoms with E-state index in [0.29, 0.717) is 11.3 Å². The Labute approximate surface area is 95.4 Å². The molecule has 0 radical (unpaired) electrons. The first-order valence-corrected chi connectivity index (χ1v) is 6.17. The highest BCUT2D eigenvalue weighted by Gasteiger charge is 2.28. The van der Waals surface area contributed by atoms with Crippen LogP contribution in [0.15, 0.2) is 30.8 Å². The van der Waals surface area contributed by atoms with Crippen molar-refractivity contribution in [1.82, 2.24) is 0 Å². The van der Waals surface area contributed by atoms with Crippen molar-refractivity contribution in [2.24, 2.45) is 0 Å². The smallest absolute Gasteiger partial charge is 0.360 e. The third-order valence-corrected chi connectivity index (χ3v) is 4.09. The van der Waals surface area contributed by atoms with Gasteiger partial charge in [-0.15, -0.1) is 0 Å². The van der Waals surface area contributed by atoms with Crippen molar-refractivity contribution in [3.63, 3.8) is 0 Å². The Hall–Kier alpha value is -1.09. The Kier molecular flexibility index (Phi) is 4.30. The van der Waals surface area contributed by atoms with Gasteiger partial charge in [-0.05, 0) is 6.07 Å². The summed E-state index contributed by atoms with van der Waals surface area (Å²) in [4.78, 5) is 0. The predicted octanol–water partition coefficient (Wildman–Crippen LogP) is 3.15. The molecule has 5 heteroatoms. The van der Waals surface area contributed by atoms with Gasteiger partial charge in [-0.3, -0.25) is 4.57 Å². The lowest BCUT2D eigenvalue weighted by Gasteiger charge is -2.17. The van der Waals surface area contributed by atoms with E-state index in [1.807, 2.05) is 6.07 Å². The fraction of sp³-hybridized carbons (Fsp3) is 0.273. The fourth-order valence-corrected chi connectivity index (χ4v) is 2.40. The van der Waals surface area contributed by atoms with Crippen LogP contribution in [0.25, 0.3) is 5.31 Å². The molecule has 0 fully saturated rings. The average Bonchev–Trinajstić information content (AvgIpc) is 2.36. The quantitative estimate of drug-likeness (QED) is 0.744. The van der Waals surface area contributed by atoms with E-state index < -0.39 is 7.60 Å². The maximum absolute atomic E-state index is 12.1. The summed E-state index contributed by atoms with van der Waals surface area (Å²) in [6, 6.07) is 7.14. The Balaban J connectivity index is 3.19. The minimum Gasteiger partial charge on any atom is -0.496 e. The molecule has 0 aliphatic carbocycles.